The van der Waals surface area contributed by atoms with Crippen LogP contribution in [0.5, 0.6) is 0 Å². The van der Waals surface area contributed by atoms with Gasteiger partial charge in [0.15, 0.2) is 0 Å². The first-order chi connectivity index (χ1) is 21.7. The van der Waals surface area contributed by atoms with Crippen LogP contribution in [0.1, 0.15) is 36.2 Å². The van der Waals surface area contributed by atoms with Crippen LogP contribution in [-0.2, 0) is 11.5 Å². The minimum absolute atomic E-state index is 0.0873. The minimum Gasteiger partial charge on any atom is -0.384 e. The average Bonchev–Trinajstić information content (AvgIpc) is 3.39. The summed E-state index contributed by atoms with van der Waals surface area (Å²) in [5, 5.41) is 8.81. The van der Waals surface area contributed by atoms with E-state index in [2.05, 4.69) is 69.3 Å². The second kappa shape index (κ2) is 15.3. The summed E-state index contributed by atoms with van der Waals surface area (Å²) in [6.45, 7) is 13.9. The number of amides is 1. The van der Waals surface area contributed by atoms with E-state index in [4.69, 9.17) is 9.72 Å². The molecule has 1 amide bonds. The molecule has 1 aliphatic rings. The largest absolute Gasteiger partial charge is 0.384 e. The third-order valence-electron chi connectivity index (χ3n) is 8.52. The molecule has 0 unspecified atom stereocenters. The maximum absolute atomic E-state index is 13.4. The summed E-state index contributed by atoms with van der Waals surface area (Å²) in [6, 6.07) is 13.5. The summed E-state index contributed by atoms with van der Waals surface area (Å²) in [4.78, 5) is 27.4. The fraction of sp³-hybridized carbons (Fsp3) is 0.514. The lowest BCUT2D eigenvalue weighted by atomic mass is 10.1. The van der Waals surface area contributed by atoms with Crippen LogP contribution in [0, 0.1) is 0 Å². The van der Waals surface area contributed by atoms with Gasteiger partial charge in [0.1, 0.15) is 12.4 Å². The van der Waals surface area contributed by atoms with Crippen molar-refractivity contribution in [1.82, 2.24) is 29.7 Å². The van der Waals surface area contributed by atoms with Crippen molar-refractivity contribution in [3.8, 4) is 11.3 Å². The lowest BCUT2D eigenvalue weighted by Crippen LogP contribution is -2.32. The van der Waals surface area contributed by atoms with Crippen LogP contribution in [0.15, 0.2) is 48.8 Å². The number of piperidine rings is 1. The maximum Gasteiger partial charge on any atom is 0.268 e. The highest BCUT2D eigenvalue weighted by molar-refractivity contribution is 6.76. The van der Waals surface area contributed by atoms with E-state index < -0.39 is 8.07 Å². The predicted octanol–water partition coefficient (Wildman–Crippen LogP) is 6.14. The number of anilines is 1. The number of pyridine rings is 2. The van der Waals surface area contributed by atoms with E-state index in [-0.39, 0.29) is 5.91 Å². The van der Waals surface area contributed by atoms with Crippen LogP contribution >= 0.6 is 0 Å². The molecule has 1 saturated heterocycles. The molecule has 4 heterocycles. The zero-order valence-electron chi connectivity index (χ0n) is 27.9. The van der Waals surface area contributed by atoms with Gasteiger partial charge in [-0.05, 0) is 83.3 Å². The zero-order chi connectivity index (χ0) is 31.8. The second-order valence-electron chi connectivity index (χ2n) is 13.8. The highest BCUT2D eigenvalue weighted by Gasteiger charge is 2.18. The maximum atomic E-state index is 13.4. The molecule has 1 fully saturated rings. The van der Waals surface area contributed by atoms with E-state index in [1.165, 1.54) is 32.4 Å². The van der Waals surface area contributed by atoms with Gasteiger partial charge in [0, 0.05) is 68.7 Å². The van der Waals surface area contributed by atoms with E-state index in [1.54, 1.807) is 6.20 Å². The van der Waals surface area contributed by atoms with Gasteiger partial charge in [0.05, 0.1) is 16.7 Å². The number of aromatic nitrogens is 3. The Bertz CT molecular complexity index is 1570. The lowest BCUT2D eigenvalue weighted by Gasteiger charge is -2.26. The smallest absolute Gasteiger partial charge is 0.268 e. The average molecular weight is 630 g/mol. The predicted molar refractivity (Wildman–Crippen MR) is 189 cm³/mol. The SMILES string of the molecule is CN(C)CCNC(=O)c1cc2ccc(-c3cc(NCCCN4CCCCC4)c4cnccc4n3)cc2n1COCC[Si](C)(C)C. The number of likely N-dealkylation sites (N-methyl/N-ethyl adjacent to an activating group) is 1. The van der Waals surface area contributed by atoms with Gasteiger partial charge in [-0.15, -0.1) is 0 Å². The molecule has 1 aliphatic heterocycles. The molecule has 0 aliphatic carbocycles. The van der Waals surface area contributed by atoms with E-state index in [0.29, 0.717) is 25.6 Å². The number of rotatable bonds is 15. The molecule has 5 rings (SSSR count). The third-order valence-corrected chi connectivity index (χ3v) is 10.2. The quantitative estimate of drug-likeness (QED) is 0.121. The van der Waals surface area contributed by atoms with Gasteiger partial charge in [0.25, 0.3) is 5.91 Å². The third kappa shape index (κ3) is 9.13. The van der Waals surface area contributed by atoms with Gasteiger partial charge in [-0.2, -0.15) is 0 Å². The van der Waals surface area contributed by atoms with Crippen LogP contribution < -0.4 is 10.6 Å². The number of nitrogens with one attached hydrogen (secondary N) is 2. The van der Waals surface area contributed by atoms with Crippen LogP contribution in [-0.4, -0.2) is 98.3 Å². The number of carbonyl (C=O) groups excluding carboxylic acids is 1. The highest BCUT2D eigenvalue weighted by Crippen LogP contribution is 2.31. The Hall–Kier alpha value is -3.31. The molecule has 3 aromatic heterocycles. The Morgan fingerprint density at radius 3 is 2.64 bits per heavy atom. The normalized spacial score (nSPS) is 14.4. The fourth-order valence-corrected chi connectivity index (χ4v) is 6.59. The molecule has 2 N–H and O–H groups in total. The van der Waals surface area contributed by atoms with Crippen LogP contribution in [0.4, 0.5) is 5.69 Å². The Labute approximate surface area is 269 Å². The number of hydrogen-bond donors (Lipinski definition) is 2. The molecular weight excluding hydrogens is 579 g/mol. The van der Waals surface area contributed by atoms with Gasteiger partial charge < -0.3 is 29.7 Å². The summed E-state index contributed by atoms with van der Waals surface area (Å²) in [7, 11) is 2.77. The first-order valence-electron chi connectivity index (χ1n) is 16.5. The molecular formula is C35H51N7O2Si. The topological polar surface area (TPSA) is 87.6 Å². The van der Waals surface area contributed by atoms with E-state index in [1.807, 2.05) is 37.0 Å². The Morgan fingerprint density at radius 2 is 1.87 bits per heavy atom. The number of likely N-dealkylation sites (tertiary alicyclic amines) is 1. The Kier molecular flexibility index (Phi) is 11.3. The summed E-state index contributed by atoms with van der Waals surface area (Å²) in [5.74, 6) is -0.0873. The first kappa shape index (κ1) is 33.1. The van der Waals surface area contributed by atoms with Gasteiger partial charge in [0.2, 0.25) is 0 Å². The Balaban J connectivity index is 1.41. The fourth-order valence-electron chi connectivity index (χ4n) is 5.83. The van der Waals surface area contributed by atoms with Crippen LogP contribution in [0.25, 0.3) is 33.1 Å². The number of benzene rings is 1. The van der Waals surface area contributed by atoms with E-state index >= 15 is 0 Å². The van der Waals surface area contributed by atoms with Crippen molar-refractivity contribution in [2.75, 3.05) is 65.3 Å². The monoisotopic (exact) mass is 629 g/mol. The van der Waals surface area contributed by atoms with Crippen molar-refractivity contribution < 1.29 is 9.53 Å². The van der Waals surface area contributed by atoms with Crippen LogP contribution in [0.3, 0.4) is 0 Å². The molecule has 9 nitrogen and oxygen atoms in total. The standard InChI is InChI=1S/C35H51N7O2Si/c1-40(2)19-15-38-35(43)34-23-28-11-10-27(22-33(28)42(34)26-44-20-21-45(3,4)5)31-24-32(29-25-36-14-12-30(29)39-31)37-13-9-18-41-16-7-6-8-17-41/h10-12,14,22-25H,6-9,13,15-21,26H2,1-5H3,(H,37,39)(H,38,43). The molecule has 0 atom stereocenters. The van der Waals surface area contributed by atoms with Gasteiger partial charge in [-0.3, -0.25) is 9.78 Å². The van der Waals surface area contributed by atoms with Crippen molar-refractivity contribution >= 4 is 41.5 Å². The second-order valence-corrected chi connectivity index (χ2v) is 19.4. The van der Waals surface area contributed by atoms with Crippen molar-refractivity contribution in [3.63, 3.8) is 0 Å². The molecule has 0 saturated carbocycles. The number of hydrogen-bond acceptors (Lipinski definition) is 7. The number of fused-ring (bicyclic) bond motifs is 2. The van der Waals surface area contributed by atoms with Crippen LogP contribution in [0.2, 0.25) is 25.7 Å². The molecule has 10 heteroatoms. The molecule has 1 aromatic carbocycles. The minimum atomic E-state index is -1.24. The summed E-state index contributed by atoms with van der Waals surface area (Å²) in [5.41, 5.74) is 5.42. The zero-order valence-corrected chi connectivity index (χ0v) is 28.9. The van der Waals surface area contributed by atoms with Crippen molar-refractivity contribution in [3.05, 3.63) is 54.5 Å². The summed E-state index contributed by atoms with van der Waals surface area (Å²) >= 11 is 0. The number of ether oxygens (including phenoxy) is 1. The van der Waals surface area contributed by atoms with Gasteiger partial charge >= 0.3 is 0 Å². The highest BCUT2D eigenvalue weighted by atomic mass is 28.3. The number of carbonyl (C=O) groups is 1. The summed E-state index contributed by atoms with van der Waals surface area (Å²) in [6.07, 6.45) is 8.78. The van der Waals surface area contributed by atoms with Crippen molar-refractivity contribution in [2.24, 2.45) is 0 Å². The number of nitrogens with zero attached hydrogens (tertiary/aromatic N) is 5. The Morgan fingerprint density at radius 1 is 1.04 bits per heavy atom. The molecule has 4 aromatic rings. The van der Waals surface area contributed by atoms with Crippen molar-refractivity contribution in [2.45, 2.75) is 58.1 Å². The van der Waals surface area contributed by atoms with Crippen molar-refractivity contribution in [1.29, 1.82) is 0 Å². The van der Waals surface area contributed by atoms with E-state index in [0.717, 1.165) is 70.8 Å². The van der Waals surface area contributed by atoms with Gasteiger partial charge in [-0.25, -0.2) is 4.98 Å². The molecule has 0 bridgehead atoms. The molecule has 0 radical (unpaired) electrons. The van der Waals surface area contributed by atoms with E-state index in [9.17, 15) is 4.79 Å². The van der Waals surface area contributed by atoms with Gasteiger partial charge in [-0.1, -0.05) is 38.2 Å². The summed E-state index contributed by atoms with van der Waals surface area (Å²) < 4.78 is 8.20. The molecule has 242 valence electrons. The first-order valence-corrected chi connectivity index (χ1v) is 20.2. The molecule has 0 spiro atoms. The molecule has 45 heavy (non-hydrogen) atoms. The lowest BCUT2D eigenvalue weighted by molar-refractivity contribution is 0.0810.